The molecular weight excluding hydrogens is 472 g/mol. The number of hydrogen-bond acceptors (Lipinski definition) is 10. The number of nitrogens with two attached hydrogens (primary N) is 1. The van der Waals surface area contributed by atoms with Gasteiger partial charge in [-0.15, -0.1) is 0 Å². The minimum absolute atomic E-state index is 0.00795. The molecule has 11 nitrogen and oxygen atoms in total. The zero-order chi connectivity index (χ0) is 26.7. The Morgan fingerprint density at radius 3 is 2.47 bits per heavy atom. The van der Waals surface area contributed by atoms with E-state index < -0.39 is 64.7 Å². The van der Waals surface area contributed by atoms with E-state index in [1.807, 2.05) is 0 Å². The summed E-state index contributed by atoms with van der Waals surface area (Å²) in [7, 11) is 4.39. The maximum Gasteiger partial charge on any atom is 0.330 e. The highest BCUT2D eigenvalue weighted by Gasteiger charge is 2.67. The van der Waals surface area contributed by atoms with Crippen LogP contribution in [0.5, 0.6) is 5.75 Å². The monoisotopic (exact) mass is 500 g/mol. The Labute approximate surface area is 206 Å². The average Bonchev–Trinajstić information content (AvgIpc) is 2.80. The molecule has 2 unspecified atom stereocenters. The Balaban J connectivity index is 1.90. The molecule has 4 rings (SSSR count). The van der Waals surface area contributed by atoms with Gasteiger partial charge < -0.3 is 35.8 Å². The van der Waals surface area contributed by atoms with Crippen molar-refractivity contribution in [2.45, 2.75) is 30.6 Å². The van der Waals surface area contributed by atoms with Gasteiger partial charge in [0.05, 0.1) is 18.8 Å². The number of benzene rings is 1. The van der Waals surface area contributed by atoms with Crippen LogP contribution in [-0.2, 0) is 30.3 Å². The van der Waals surface area contributed by atoms with Gasteiger partial charge >= 0.3 is 5.97 Å². The highest BCUT2D eigenvalue weighted by atomic mass is 16.5. The van der Waals surface area contributed by atoms with E-state index >= 15 is 0 Å². The van der Waals surface area contributed by atoms with E-state index in [1.165, 1.54) is 30.2 Å². The second-order valence-corrected chi connectivity index (χ2v) is 9.67. The second kappa shape index (κ2) is 8.84. The number of esters is 1. The van der Waals surface area contributed by atoms with E-state index in [1.54, 1.807) is 20.2 Å². The van der Waals surface area contributed by atoms with Crippen LogP contribution >= 0.6 is 0 Å². The molecule has 0 radical (unpaired) electrons. The van der Waals surface area contributed by atoms with Gasteiger partial charge in [-0.3, -0.25) is 14.4 Å². The van der Waals surface area contributed by atoms with Crippen molar-refractivity contribution in [1.82, 2.24) is 4.90 Å². The lowest BCUT2D eigenvalue weighted by Gasteiger charge is -2.53. The number of nitrogens with zero attached hydrogens (tertiary/aromatic N) is 1. The molecule has 3 aliphatic carbocycles. The highest BCUT2D eigenvalue weighted by Crippen LogP contribution is 2.52. The molecule has 2 fully saturated rings. The summed E-state index contributed by atoms with van der Waals surface area (Å²) in [4.78, 5) is 52.2. The lowest BCUT2D eigenvalue weighted by molar-refractivity contribution is -0.184. The van der Waals surface area contributed by atoms with Crippen LogP contribution in [0.4, 0.5) is 0 Å². The third-order valence-corrected chi connectivity index (χ3v) is 7.61. The van der Waals surface area contributed by atoms with Crippen LogP contribution in [0.3, 0.4) is 0 Å². The molecule has 0 spiro atoms. The molecule has 6 atom stereocenters. The summed E-state index contributed by atoms with van der Waals surface area (Å²) in [6.45, 7) is 0. The number of aliphatic hydroxyl groups is 3. The van der Waals surface area contributed by atoms with Crippen molar-refractivity contribution in [3.63, 3.8) is 0 Å². The molecule has 36 heavy (non-hydrogen) atoms. The Kier molecular flexibility index (Phi) is 6.27. The van der Waals surface area contributed by atoms with Crippen LogP contribution in [0.25, 0.3) is 11.8 Å². The number of likely N-dealkylation sites (N-methyl/N-ethyl adjacent to an activating group) is 1. The third-order valence-electron chi connectivity index (χ3n) is 7.61. The fourth-order valence-electron chi connectivity index (χ4n) is 6.01. The SMILES string of the molecule is COC(=O)/C=C/c1ccc(O)c2c1C[C@H]1C[C@H]3[C@H](N(C)C)C(O)C(C(N)=O)C(=O)[C@@]3(O)C(=O)C1=C2O. The number of hydrogen-bond donors (Lipinski definition) is 5. The Bertz CT molecular complexity index is 1230. The second-order valence-electron chi connectivity index (χ2n) is 9.67. The first-order valence-electron chi connectivity index (χ1n) is 11.4. The number of rotatable bonds is 4. The first-order valence-corrected chi connectivity index (χ1v) is 11.4. The number of carbonyl (C=O) groups is 4. The Hall–Kier alpha value is -3.54. The van der Waals surface area contributed by atoms with Crippen molar-refractivity contribution in [2.24, 2.45) is 23.5 Å². The molecule has 6 N–H and O–H groups in total. The maximum atomic E-state index is 13.7. The van der Waals surface area contributed by atoms with Crippen molar-refractivity contribution in [1.29, 1.82) is 0 Å². The standard InChI is InChI=1S/C25H28N2O9/c1-27(2)19-13-9-11-8-12-10(5-7-15(29)36-3)4-6-14(28)17(12)20(30)16(11)22(32)25(13,35)23(33)18(21(19)31)24(26)34/h4-7,11,13,18-19,21,28,30-31,35H,8-9H2,1-3H3,(H2,26,34)/b7-5+/t11-,13-,18?,19-,21?,25-/m0/s1. The molecular formula is C25H28N2O9. The van der Waals surface area contributed by atoms with Crippen LogP contribution < -0.4 is 5.73 Å². The lowest BCUT2D eigenvalue weighted by Crippen LogP contribution is -2.73. The van der Waals surface area contributed by atoms with E-state index in [4.69, 9.17) is 5.73 Å². The fourth-order valence-corrected chi connectivity index (χ4v) is 6.01. The summed E-state index contributed by atoms with van der Waals surface area (Å²) in [5.41, 5.74) is 3.31. The van der Waals surface area contributed by atoms with E-state index in [2.05, 4.69) is 4.74 Å². The first kappa shape index (κ1) is 25.5. The highest BCUT2D eigenvalue weighted by molar-refractivity contribution is 6.25. The Morgan fingerprint density at radius 1 is 1.22 bits per heavy atom. The summed E-state index contributed by atoms with van der Waals surface area (Å²) in [6, 6.07) is 1.85. The molecule has 0 aromatic heterocycles. The molecule has 3 aliphatic rings. The van der Waals surface area contributed by atoms with Crippen molar-refractivity contribution < 1.29 is 44.3 Å². The number of phenolic OH excluding ortho intramolecular Hbond substituents is 1. The zero-order valence-corrected chi connectivity index (χ0v) is 20.0. The van der Waals surface area contributed by atoms with Gasteiger partial charge in [-0.25, -0.2) is 4.79 Å². The number of aliphatic hydroxyl groups excluding tert-OH is 2. The minimum Gasteiger partial charge on any atom is -0.507 e. The summed E-state index contributed by atoms with van der Waals surface area (Å²) in [6.07, 6.45) is 1.22. The van der Waals surface area contributed by atoms with E-state index in [-0.39, 0.29) is 29.7 Å². The predicted octanol–water partition coefficient (Wildman–Crippen LogP) is -0.685. The topological polar surface area (TPSA) is 188 Å². The summed E-state index contributed by atoms with van der Waals surface area (Å²) < 4.78 is 4.61. The van der Waals surface area contributed by atoms with Gasteiger partial charge in [0.1, 0.15) is 17.4 Å². The van der Waals surface area contributed by atoms with Crippen molar-refractivity contribution in [3.05, 3.63) is 40.5 Å². The lowest BCUT2D eigenvalue weighted by atomic mass is 9.54. The summed E-state index contributed by atoms with van der Waals surface area (Å²) >= 11 is 0. The number of aromatic hydroxyl groups is 1. The number of methoxy groups -OCH3 is 1. The molecule has 192 valence electrons. The van der Waals surface area contributed by atoms with Crippen LogP contribution in [0.2, 0.25) is 0 Å². The predicted molar refractivity (Wildman–Crippen MR) is 125 cm³/mol. The normalized spacial score (nSPS) is 31.8. The molecule has 0 heterocycles. The molecule has 1 aromatic rings. The van der Waals surface area contributed by atoms with Gasteiger partial charge in [0.2, 0.25) is 11.7 Å². The quantitative estimate of drug-likeness (QED) is 0.201. The number of fused-ring (bicyclic) bond motifs is 3. The smallest absolute Gasteiger partial charge is 0.330 e. The van der Waals surface area contributed by atoms with Crippen LogP contribution in [0, 0.1) is 17.8 Å². The third kappa shape index (κ3) is 3.54. The van der Waals surface area contributed by atoms with Crippen molar-refractivity contribution in [3.8, 4) is 5.75 Å². The average molecular weight is 501 g/mol. The molecule has 0 aliphatic heterocycles. The molecule has 11 heteroatoms. The molecule has 1 amide bonds. The van der Waals surface area contributed by atoms with Gasteiger partial charge in [0.25, 0.3) is 0 Å². The maximum absolute atomic E-state index is 13.7. The minimum atomic E-state index is -2.71. The van der Waals surface area contributed by atoms with Gasteiger partial charge in [0.15, 0.2) is 11.4 Å². The van der Waals surface area contributed by atoms with Crippen LogP contribution in [0.1, 0.15) is 23.1 Å². The Morgan fingerprint density at radius 2 is 1.89 bits per heavy atom. The van der Waals surface area contributed by atoms with Gasteiger partial charge in [-0.2, -0.15) is 0 Å². The number of primary amides is 1. The van der Waals surface area contributed by atoms with Crippen molar-refractivity contribution >= 4 is 35.3 Å². The number of Topliss-reactive ketones (excluding diaryl/α,β-unsaturated/α-hetero) is 2. The van der Waals surface area contributed by atoms with Crippen LogP contribution in [-0.4, -0.2) is 87.7 Å². The molecule has 1 aromatic carbocycles. The van der Waals surface area contributed by atoms with Crippen LogP contribution in [0.15, 0.2) is 23.8 Å². The fraction of sp³-hybridized carbons (Fsp3) is 0.440. The number of phenols is 1. The molecule has 2 saturated carbocycles. The number of ether oxygens (including phenoxy) is 1. The van der Waals surface area contributed by atoms with E-state index in [0.717, 1.165) is 0 Å². The number of amides is 1. The molecule has 0 bridgehead atoms. The zero-order valence-electron chi connectivity index (χ0n) is 20.0. The first-order chi connectivity index (χ1) is 16.9. The number of ketones is 2. The number of carbonyl (C=O) groups excluding carboxylic acids is 4. The summed E-state index contributed by atoms with van der Waals surface area (Å²) in [5, 5.41) is 44.1. The largest absolute Gasteiger partial charge is 0.507 e. The summed E-state index contributed by atoms with van der Waals surface area (Å²) in [5.74, 6) is -8.62. The van der Waals surface area contributed by atoms with E-state index in [0.29, 0.717) is 11.1 Å². The van der Waals surface area contributed by atoms with Gasteiger partial charge in [-0.05, 0) is 56.1 Å². The van der Waals surface area contributed by atoms with Crippen molar-refractivity contribution in [2.75, 3.05) is 21.2 Å². The van der Waals surface area contributed by atoms with Gasteiger partial charge in [-0.1, -0.05) is 6.07 Å². The van der Waals surface area contributed by atoms with Gasteiger partial charge in [0, 0.05) is 23.6 Å². The van der Waals surface area contributed by atoms with E-state index in [9.17, 15) is 39.6 Å². The molecule has 0 saturated heterocycles.